The van der Waals surface area contributed by atoms with Crippen LogP contribution in [0.5, 0.6) is 11.5 Å². The van der Waals surface area contributed by atoms with E-state index in [-0.39, 0.29) is 0 Å². The molecular weight excluding hydrogens is 270 g/mol. The van der Waals surface area contributed by atoms with E-state index in [1.807, 2.05) is 0 Å². The summed E-state index contributed by atoms with van der Waals surface area (Å²) in [6.45, 7) is 7.67. The standard InChI is InChI=1S/C16H23NO4/c1-4-17(5-2)10-11-21-14-8-6-13(7-9-16(18)19)12-15(14)20-3/h6-9,12H,4-5,10-11H2,1-3H3,(H,18,19). The number of likely N-dealkylation sites (N-methyl/N-ethyl adjacent to an activating group) is 1. The SMILES string of the molecule is CCN(CC)CCOc1ccc(C=CC(=O)O)cc1OC. The number of rotatable bonds is 9. The highest BCUT2D eigenvalue weighted by Crippen LogP contribution is 2.28. The Bertz CT molecular complexity index is 481. The maximum Gasteiger partial charge on any atom is 0.328 e. The Hall–Kier alpha value is -2.01. The van der Waals surface area contributed by atoms with E-state index in [0.29, 0.717) is 18.1 Å². The zero-order valence-corrected chi connectivity index (χ0v) is 12.8. The molecule has 0 radical (unpaired) electrons. The van der Waals surface area contributed by atoms with Crippen molar-refractivity contribution in [1.29, 1.82) is 0 Å². The fraction of sp³-hybridized carbons (Fsp3) is 0.438. The minimum absolute atomic E-state index is 0.586. The average Bonchev–Trinajstić information content (AvgIpc) is 2.50. The van der Waals surface area contributed by atoms with Gasteiger partial charge in [-0.05, 0) is 36.9 Å². The molecule has 5 nitrogen and oxygen atoms in total. The van der Waals surface area contributed by atoms with Crippen LogP contribution in [0.4, 0.5) is 0 Å². The summed E-state index contributed by atoms with van der Waals surface area (Å²) < 4.78 is 11.0. The number of nitrogens with zero attached hydrogens (tertiary/aromatic N) is 1. The summed E-state index contributed by atoms with van der Waals surface area (Å²) in [7, 11) is 1.57. The van der Waals surface area contributed by atoms with Crippen LogP contribution in [0.2, 0.25) is 0 Å². The summed E-state index contributed by atoms with van der Waals surface area (Å²) >= 11 is 0. The van der Waals surface area contributed by atoms with Crippen molar-refractivity contribution in [2.75, 3.05) is 33.4 Å². The molecule has 1 aromatic carbocycles. The molecule has 1 N–H and O–H groups in total. The van der Waals surface area contributed by atoms with E-state index in [1.165, 1.54) is 6.08 Å². The number of hydrogen-bond acceptors (Lipinski definition) is 4. The largest absolute Gasteiger partial charge is 0.493 e. The summed E-state index contributed by atoms with van der Waals surface area (Å²) in [6, 6.07) is 5.35. The molecule has 0 saturated carbocycles. The third-order valence-electron chi connectivity index (χ3n) is 3.17. The first-order valence-corrected chi connectivity index (χ1v) is 7.04. The molecule has 0 saturated heterocycles. The number of methoxy groups -OCH3 is 1. The smallest absolute Gasteiger partial charge is 0.328 e. The molecule has 0 aliphatic rings. The molecule has 0 amide bonds. The van der Waals surface area contributed by atoms with Crippen molar-refractivity contribution >= 4 is 12.0 Å². The van der Waals surface area contributed by atoms with Crippen molar-refractivity contribution in [1.82, 2.24) is 4.90 Å². The fourth-order valence-electron chi connectivity index (χ4n) is 1.90. The maximum atomic E-state index is 10.5. The molecule has 0 aliphatic heterocycles. The summed E-state index contributed by atoms with van der Waals surface area (Å²) in [6.07, 6.45) is 2.61. The maximum absolute atomic E-state index is 10.5. The first kappa shape index (κ1) is 17.0. The van der Waals surface area contributed by atoms with Gasteiger partial charge in [0.15, 0.2) is 11.5 Å². The van der Waals surface area contributed by atoms with Gasteiger partial charge in [-0.3, -0.25) is 0 Å². The molecule has 21 heavy (non-hydrogen) atoms. The average molecular weight is 293 g/mol. The number of hydrogen-bond donors (Lipinski definition) is 1. The van der Waals surface area contributed by atoms with Gasteiger partial charge in [0.25, 0.3) is 0 Å². The van der Waals surface area contributed by atoms with Gasteiger partial charge >= 0.3 is 5.97 Å². The van der Waals surface area contributed by atoms with E-state index in [2.05, 4.69) is 18.7 Å². The predicted octanol–water partition coefficient (Wildman–Crippen LogP) is 2.51. The van der Waals surface area contributed by atoms with Gasteiger partial charge in [-0.25, -0.2) is 4.79 Å². The summed E-state index contributed by atoms with van der Waals surface area (Å²) in [4.78, 5) is 12.8. The van der Waals surface area contributed by atoms with Gasteiger partial charge in [0.1, 0.15) is 6.61 Å². The second kappa shape index (κ2) is 9.02. The number of ether oxygens (including phenoxy) is 2. The molecule has 0 unspecified atom stereocenters. The lowest BCUT2D eigenvalue weighted by Gasteiger charge is -2.18. The highest BCUT2D eigenvalue weighted by atomic mass is 16.5. The molecule has 0 atom stereocenters. The van der Waals surface area contributed by atoms with E-state index in [9.17, 15) is 4.79 Å². The van der Waals surface area contributed by atoms with Crippen LogP contribution in [0, 0.1) is 0 Å². The first-order valence-electron chi connectivity index (χ1n) is 7.04. The Morgan fingerprint density at radius 2 is 2.00 bits per heavy atom. The monoisotopic (exact) mass is 293 g/mol. The van der Waals surface area contributed by atoms with Crippen LogP contribution in [0.15, 0.2) is 24.3 Å². The van der Waals surface area contributed by atoms with Crippen molar-refractivity contribution < 1.29 is 19.4 Å². The molecule has 1 aromatic rings. The molecule has 0 aromatic heterocycles. The quantitative estimate of drug-likeness (QED) is 0.709. The summed E-state index contributed by atoms with van der Waals surface area (Å²) in [5.74, 6) is 0.285. The lowest BCUT2D eigenvalue weighted by molar-refractivity contribution is -0.131. The molecule has 0 fully saturated rings. The molecule has 5 heteroatoms. The second-order valence-corrected chi connectivity index (χ2v) is 4.46. The zero-order chi connectivity index (χ0) is 15.7. The number of benzene rings is 1. The Balaban J connectivity index is 2.68. The molecule has 0 heterocycles. The molecule has 0 aliphatic carbocycles. The van der Waals surface area contributed by atoms with Gasteiger partial charge in [-0.2, -0.15) is 0 Å². The first-order chi connectivity index (χ1) is 10.1. The predicted molar refractivity (Wildman–Crippen MR) is 82.9 cm³/mol. The van der Waals surface area contributed by atoms with Gasteiger partial charge in [0.05, 0.1) is 7.11 Å². The van der Waals surface area contributed by atoms with E-state index in [4.69, 9.17) is 14.6 Å². The van der Waals surface area contributed by atoms with Crippen LogP contribution in [0.1, 0.15) is 19.4 Å². The second-order valence-electron chi connectivity index (χ2n) is 4.46. The summed E-state index contributed by atoms with van der Waals surface area (Å²) in [5.41, 5.74) is 0.755. The molecule has 0 bridgehead atoms. The van der Waals surface area contributed by atoms with Crippen molar-refractivity contribution in [3.8, 4) is 11.5 Å². The summed E-state index contributed by atoms with van der Waals surface area (Å²) in [5, 5.41) is 8.62. The Morgan fingerprint density at radius 3 is 2.57 bits per heavy atom. The highest BCUT2D eigenvalue weighted by Gasteiger charge is 2.06. The zero-order valence-electron chi connectivity index (χ0n) is 12.8. The number of carboxylic acids is 1. The van der Waals surface area contributed by atoms with Crippen molar-refractivity contribution in [3.05, 3.63) is 29.8 Å². The van der Waals surface area contributed by atoms with Crippen LogP contribution in [0.3, 0.4) is 0 Å². The molecular formula is C16H23NO4. The third kappa shape index (κ3) is 5.87. The van der Waals surface area contributed by atoms with E-state index in [0.717, 1.165) is 31.3 Å². The fourth-order valence-corrected chi connectivity index (χ4v) is 1.90. The van der Waals surface area contributed by atoms with Gasteiger partial charge in [0, 0.05) is 12.6 Å². The lowest BCUT2D eigenvalue weighted by atomic mass is 10.2. The molecule has 1 rings (SSSR count). The van der Waals surface area contributed by atoms with Crippen LogP contribution in [-0.4, -0.2) is 49.3 Å². The molecule has 0 spiro atoms. The normalized spacial score (nSPS) is 11.0. The lowest BCUT2D eigenvalue weighted by Crippen LogP contribution is -2.27. The van der Waals surface area contributed by atoms with Gasteiger partial charge in [-0.1, -0.05) is 19.9 Å². The third-order valence-corrected chi connectivity index (χ3v) is 3.17. The Kier molecular flexibility index (Phi) is 7.32. The highest BCUT2D eigenvalue weighted by molar-refractivity contribution is 5.85. The van der Waals surface area contributed by atoms with Crippen molar-refractivity contribution in [3.63, 3.8) is 0 Å². The van der Waals surface area contributed by atoms with E-state index < -0.39 is 5.97 Å². The Morgan fingerprint density at radius 1 is 1.29 bits per heavy atom. The van der Waals surface area contributed by atoms with Crippen LogP contribution in [0.25, 0.3) is 6.08 Å². The van der Waals surface area contributed by atoms with E-state index in [1.54, 1.807) is 25.3 Å². The van der Waals surface area contributed by atoms with Gasteiger partial charge in [0.2, 0.25) is 0 Å². The van der Waals surface area contributed by atoms with Crippen molar-refractivity contribution in [2.45, 2.75) is 13.8 Å². The van der Waals surface area contributed by atoms with E-state index >= 15 is 0 Å². The minimum Gasteiger partial charge on any atom is -0.493 e. The Labute approximate surface area is 125 Å². The molecule has 116 valence electrons. The number of carboxylic acid groups (broad SMARTS) is 1. The van der Waals surface area contributed by atoms with Gasteiger partial charge < -0.3 is 19.5 Å². The minimum atomic E-state index is -0.978. The van der Waals surface area contributed by atoms with Gasteiger partial charge in [-0.15, -0.1) is 0 Å². The number of aliphatic carboxylic acids is 1. The van der Waals surface area contributed by atoms with Crippen molar-refractivity contribution in [2.24, 2.45) is 0 Å². The number of carbonyl (C=O) groups is 1. The van der Waals surface area contributed by atoms with Crippen LogP contribution < -0.4 is 9.47 Å². The van der Waals surface area contributed by atoms with Crippen LogP contribution >= 0.6 is 0 Å². The topological polar surface area (TPSA) is 59.0 Å². The van der Waals surface area contributed by atoms with Crippen LogP contribution in [-0.2, 0) is 4.79 Å².